The van der Waals surface area contributed by atoms with Gasteiger partial charge in [-0.05, 0) is 26.0 Å². The van der Waals surface area contributed by atoms with Crippen LogP contribution in [0, 0.1) is 13.8 Å². The summed E-state index contributed by atoms with van der Waals surface area (Å²) in [5, 5.41) is 14.1. The van der Waals surface area contributed by atoms with Crippen LogP contribution in [0.2, 0.25) is 0 Å². The number of carbonyl (C=O) groups excluding carboxylic acids is 1. The maximum atomic E-state index is 12.6. The van der Waals surface area contributed by atoms with Crippen molar-refractivity contribution in [2.75, 3.05) is 5.32 Å². The Bertz CT molecular complexity index is 1100. The number of para-hydroxylation sites is 1. The topological polar surface area (TPSA) is 96.7 Å². The van der Waals surface area contributed by atoms with Crippen LogP contribution in [0.25, 0.3) is 22.8 Å². The molecular weight excluding hydrogens is 354 g/mol. The van der Waals surface area contributed by atoms with Crippen LogP contribution in [-0.4, -0.2) is 26.2 Å². The minimum Gasteiger partial charge on any atom is -0.361 e. The van der Waals surface area contributed by atoms with Crippen LogP contribution >= 0.6 is 0 Å². The molecule has 28 heavy (non-hydrogen) atoms. The highest BCUT2D eigenvalue weighted by molar-refractivity contribution is 5.96. The van der Waals surface area contributed by atoms with E-state index >= 15 is 0 Å². The molecule has 2 aromatic carbocycles. The van der Waals surface area contributed by atoms with E-state index in [1.807, 2.05) is 61.5 Å². The van der Waals surface area contributed by atoms with Gasteiger partial charge >= 0.3 is 0 Å². The lowest BCUT2D eigenvalue weighted by Crippen LogP contribution is -2.15. The highest BCUT2D eigenvalue weighted by atomic mass is 16.5. The molecule has 0 aliphatic rings. The number of hydrogen-bond donors (Lipinski definition) is 2. The quantitative estimate of drug-likeness (QED) is 0.552. The molecule has 0 bridgehead atoms. The second-order valence-electron chi connectivity index (χ2n) is 6.45. The molecule has 2 aromatic heterocycles. The van der Waals surface area contributed by atoms with Crippen molar-refractivity contribution in [1.29, 1.82) is 0 Å². The number of anilines is 1. The summed E-state index contributed by atoms with van der Waals surface area (Å²) >= 11 is 0. The van der Waals surface area contributed by atoms with Crippen molar-refractivity contribution >= 4 is 11.6 Å². The maximum absolute atomic E-state index is 12.6. The fraction of sp³-hybridized carbons (Fsp3) is 0.143. The van der Waals surface area contributed by atoms with Gasteiger partial charge in [-0.15, -0.1) is 0 Å². The van der Waals surface area contributed by atoms with Gasteiger partial charge in [-0.3, -0.25) is 9.89 Å². The van der Waals surface area contributed by atoms with Crippen molar-refractivity contribution in [2.45, 2.75) is 20.3 Å². The van der Waals surface area contributed by atoms with Crippen LogP contribution < -0.4 is 5.32 Å². The van der Waals surface area contributed by atoms with Gasteiger partial charge in [-0.25, -0.2) is 4.98 Å². The van der Waals surface area contributed by atoms with Gasteiger partial charge in [0.2, 0.25) is 5.91 Å². The lowest BCUT2D eigenvalue weighted by Gasteiger charge is -2.09. The third-order valence-electron chi connectivity index (χ3n) is 4.49. The van der Waals surface area contributed by atoms with E-state index in [2.05, 4.69) is 25.7 Å². The van der Waals surface area contributed by atoms with Gasteiger partial charge in [0, 0.05) is 16.7 Å². The lowest BCUT2D eigenvalue weighted by molar-refractivity contribution is -0.115. The molecule has 1 amide bonds. The molecule has 140 valence electrons. The van der Waals surface area contributed by atoms with Crippen molar-refractivity contribution in [3.8, 4) is 22.8 Å². The highest BCUT2D eigenvalue weighted by Crippen LogP contribution is 2.27. The number of carbonyl (C=O) groups is 1. The summed E-state index contributed by atoms with van der Waals surface area (Å²) in [6.07, 6.45) is 0.196. The summed E-state index contributed by atoms with van der Waals surface area (Å²) < 4.78 is 5.13. The number of H-pyrrole nitrogens is 1. The molecule has 7 nitrogen and oxygen atoms in total. The van der Waals surface area contributed by atoms with Gasteiger partial charge < -0.3 is 9.84 Å². The van der Waals surface area contributed by atoms with Crippen LogP contribution in [0.15, 0.2) is 59.1 Å². The van der Waals surface area contributed by atoms with E-state index < -0.39 is 0 Å². The van der Waals surface area contributed by atoms with E-state index in [0.717, 1.165) is 22.4 Å². The molecule has 0 unspecified atom stereocenters. The molecule has 2 heterocycles. The van der Waals surface area contributed by atoms with Crippen LogP contribution in [0.4, 0.5) is 5.69 Å². The minimum atomic E-state index is -0.148. The van der Waals surface area contributed by atoms with Gasteiger partial charge in [0.25, 0.3) is 0 Å². The Hall–Kier alpha value is -3.74. The molecule has 0 aliphatic carbocycles. The third-order valence-corrected chi connectivity index (χ3v) is 4.49. The predicted octanol–water partition coefficient (Wildman–Crippen LogP) is 3.92. The number of benzene rings is 2. The first-order valence-electron chi connectivity index (χ1n) is 8.90. The number of aromatic amines is 1. The number of nitrogens with zero attached hydrogens (tertiary/aromatic N) is 3. The molecule has 0 saturated carbocycles. The van der Waals surface area contributed by atoms with E-state index in [-0.39, 0.29) is 12.3 Å². The van der Waals surface area contributed by atoms with Crippen LogP contribution in [-0.2, 0) is 11.2 Å². The van der Waals surface area contributed by atoms with Gasteiger partial charge in [-0.2, -0.15) is 5.10 Å². The first-order chi connectivity index (χ1) is 13.6. The monoisotopic (exact) mass is 373 g/mol. The van der Waals surface area contributed by atoms with Crippen molar-refractivity contribution in [3.63, 3.8) is 0 Å². The maximum Gasteiger partial charge on any atom is 0.229 e. The first kappa shape index (κ1) is 17.7. The largest absolute Gasteiger partial charge is 0.361 e. The fourth-order valence-corrected chi connectivity index (χ4v) is 3.01. The van der Waals surface area contributed by atoms with E-state index in [1.165, 1.54) is 0 Å². The zero-order valence-corrected chi connectivity index (χ0v) is 15.6. The van der Waals surface area contributed by atoms with Crippen LogP contribution in [0.3, 0.4) is 0 Å². The average molecular weight is 373 g/mol. The Morgan fingerprint density at radius 1 is 1.07 bits per heavy atom. The Morgan fingerprint density at radius 2 is 1.82 bits per heavy atom. The molecule has 0 spiro atoms. The number of aryl methyl sites for hydroxylation is 2. The number of aromatic nitrogens is 4. The van der Waals surface area contributed by atoms with Gasteiger partial charge in [0.05, 0.1) is 17.8 Å². The summed E-state index contributed by atoms with van der Waals surface area (Å²) in [4.78, 5) is 17.1. The van der Waals surface area contributed by atoms with Crippen molar-refractivity contribution < 1.29 is 9.32 Å². The van der Waals surface area contributed by atoms with E-state index in [4.69, 9.17) is 4.52 Å². The SMILES string of the molecule is Cc1noc(C)c1CC(=O)Nc1ccccc1-c1nc(-c2ccccc2)n[nH]1. The zero-order chi connectivity index (χ0) is 19.5. The zero-order valence-electron chi connectivity index (χ0n) is 15.6. The molecular formula is C21H19N5O2. The summed E-state index contributed by atoms with van der Waals surface area (Å²) in [5.74, 6) is 1.70. The number of nitrogens with one attached hydrogen (secondary N) is 2. The van der Waals surface area contributed by atoms with E-state index in [9.17, 15) is 4.79 Å². The summed E-state index contributed by atoms with van der Waals surface area (Å²) in [7, 11) is 0. The van der Waals surface area contributed by atoms with Gasteiger partial charge in [-0.1, -0.05) is 47.6 Å². The van der Waals surface area contributed by atoms with Crippen molar-refractivity contribution in [3.05, 3.63) is 71.6 Å². The lowest BCUT2D eigenvalue weighted by atomic mass is 10.1. The van der Waals surface area contributed by atoms with Gasteiger partial charge in [0.1, 0.15) is 5.76 Å². The normalized spacial score (nSPS) is 10.8. The molecule has 4 aromatic rings. The smallest absolute Gasteiger partial charge is 0.229 e. The summed E-state index contributed by atoms with van der Waals surface area (Å²) in [6.45, 7) is 3.63. The third kappa shape index (κ3) is 3.55. The van der Waals surface area contributed by atoms with Crippen LogP contribution in [0.1, 0.15) is 17.0 Å². The number of amides is 1. The summed E-state index contributed by atoms with van der Waals surface area (Å²) in [5.41, 5.74) is 3.88. The fourth-order valence-electron chi connectivity index (χ4n) is 3.01. The van der Waals surface area contributed by atoms with E-state index in [0.29, 0.717) is 23.1 Å². The molecule has 0 atom stereocenters. The van der Waals surface area contributed by atoms with Crippen molar-refractivity contribution in [2.24, 2.45) is 0 Å². The molecule has 0 saturated heterocycles. The molecule has 2 N–H and O–H groups in total. The molecule has 0 fully saturated rings. The molecule has 4 rings (SSSR count). The molecule has 0 aliphatic heterocycles. The minimum absolute atomic E-state index is 0.148. The Labute approximate surface area is 161 Å². The van der Waals surface area contributed by atoms with Crippen molar-refractivity contribution in [1.82, 2.24) is 20.3 Å². The number of hydrogen-bond acceptors (Lipinski definition) is 5. The van der Waals surface area contributed by atoms with Gasteiger partial charge in [0.15, 0.2) is 11.6 Å². The first-order valence-corrected chi connectivity index (χ1v) is 8.90. The second-order valence-corrected chi connectivity index (χ2v) is 6.45. The Morgan fingerprint density at radius 3 is 2.57 bits per heavy atom. The average Bonchev–Trinajstić information content (AvgIpc) is 3.32. The molecule has 7 heteroatoms. The predicted molar refractivity (Wildman–Crippen MR) is 106 cm³/mol. The standard InChI is InChI=1S/C21H19N5O2/c1-13-17(14(2)28-26-13)12-19(27)22-18-11-7-6-10-16(18)21-23-20(24-25-21)15-8-4-3-5-9-15/h3-11H,12H2,1-2H3,(H,22,27)(H,23,24,25). The molecule has 0 radical (unpaired) electrons. The van der Waals surface area contributed by atoms with Crippen LogP contribution in [0.5, 0.6) is 0 Å². The highest BCUT2D eigenvalue weighted by Gasteiger charge is 2.16. The summed E-state index contributed by atoms with van der Waals surface area (Å²) in [6, 6.07) is 17.2. The second kappa shape index (κ2) is 7.48. The Balaban J connectivity index is 1.58. The Kier molecular flexibility index (Phi) is 4.72. The number of rotatable bonds is 5. The van der Waals surface area contributed by atoms with E-state index in [1.54, 1.807) is 6.92 Å².